The Morgan fingerprint density at radius 1 is 1.24 bits per heavy atom. The molecule has 2 aromatic rings. The Morgan fingerprint density at radius 2 is 2.00 bits per heavy atom. The van der Waals surface area contributed by atoms with Gasteiger partial charge in [0, 0.05) is 9.75 Å². The van der Waals surface area contributed by atoms with E-state index < -0.39 is 6.10 Å². The minimum absolute atomic E-state index is 0.566. The molecular weight excluding hydrogens is 232 g/mol. The van der Waals surface area contributed by atoms with Crippen LogP contribution in [0.3, 0.4) is 0 Å². The molecule has 0 fully saturated rings. The van der Waals surface area contributed by atoms with Crippen molar-refractivity contribution in [3.8, 4) is 5.75 Å². The highest BCUT2D eigenvalue weighted by atomic mass is 32.1. The maximum atomic E-state index is 10.4. The van der Waals surface area contributed by atoms with Crippen LogP contribution >= 0.6 is 11.3 Å². The third kappa shape index (κ3) is 2.51. The summed E-state index contributed by atoms with van der Waals surface area (Å²) in [5.74, 6) is 0.771. The van der Waals surface area contributed by atoms with E-state index in [1.165, 1.54) is 4.88 Å². The van der Waals surface area contributed by atoms with Crippen molar-refractivity contribution in [2.24, 2.45) is 0 Å². The van der Waals surface area contributed by atoms with Crippen LogP contribution < -0.4 is 4.74 Å². The minimum atomic E-state index is -0.566. The lowest BCUT2D eigenvalue weighted by Crippen LogP contribution is -1.99. The van der Waals surface area contributed by atoms with Gasteiger partial charge in [-0.3, -0.25) is 0 Å². The van der Waals surface area contributed by atoms with Crippen LogP contribution in [-0.2, 0) is 0 Å². The van der Waals surface area contributed by atoms with Gasteiger partial charge in [-0.15, -0.1) is 11.3 Å². The van der Waals surface area contributed by atoms with Gasteiger partial charge in [-0.05, 0) is 43.2 Å². The Bertz CT molecular complexity index is 517. The zero-order valence-electron chi connectivity index (χ0n) is 10.2. The molecule has 1 atom stereocenters. The monoisotopic (exact) mass is 248 g/mol. The highest BCUT2D eigenvalue weighted by Gasteiger charge is 2.15. The SMILES string of the molecule is COc1cccc(C(O)c2sc(C)cc2C)c1. The first-order chi connectivity index (χ1) is 8.11. The maximum Gasteiger partial charge on any atom is 0.119 e. The largest absolute Gasteiger partial charge is 0.497 e. The zero-order valence-corrected chi connectivity index (χ0v) is 11.0. The molecule has 1 aromatic carbocycles. The van der Waals surface area contributed by atoms with Gasteiger partial charge in [-0.2, -0.15) is 0 Å². The van der Waals surface area contributed by atoms with Gasteiger partial charge < -0.3 is 9.84 Å². The van der Waals surface area contributed by atoms with Crippen LogP contribution in [0.25, 0.3) is 0 Å². The molecule has 0 aliphatic heterocycles. The molecule has 1 heterocycles. The quantitative estimate of drug-likeness (QED) is 0.901. The Balaban J connectivity index is 2.36. The predicted molar refractivity (Wildman–Crippen MR) is 70.8 cm³/mol. The Labute approximate surface area is 105 Å². The van der Waals surface area contributed by atoms with E-state index in [1.54, 1.807) is 18.4 Å². The fraction of sp³-hybridized carbons (Fsp3) is 0.286. The fourth-order valence-corrected chi connectivity index (χ4v) is 2.94. The molecule has 0 amide bonds. The van der Waals surface area contributed by atoms with E-state index in [1.807, 2.05) is 31.2 Å². The summed E-state index contributed by atoms with van der Waals surface area (Å²) in [6, 6.07) is 9.67. The van der Waals surface area contributed by atoms with Crippen molar-refractivity contribution < 1.29 is 9.84 Å². The second kappa shape index (κ2) is 4.90. The molecule has 0 saturated heterocycles. The average molecular weight is 248 g/mol. The number of hydrogen-bond acceptors (Lipinski definition) is 3. The number of methoxy groups -OCH3 is 1. The van der Waals surface area contributed by atoms with Gasteiger partial charge in [-0.25, -0.2) is 0 Å². The predicted octanol–water partition coefficient (Wildman–Crippen LogP) is 3.46. The van der Waals surface area contributed by atoms with E-state index in [9.17, 15) is 5.11 Å². The summed E-state index contributed by atoms with van der Waals surface area (Å²) >= 11 is 1.64. The lowest BCUT2D eigenvalue weighted by Gasteiger charge is -2.11. The summed E-state index contributed by atoms with van der Waals surface area (Å²) in [7, 11) is 1.63. The van der Waals surface area contributed by atoms with E-state index in [4.69, 9.17) is 4.74 Å². The zero-order chi connectivity index (χ0) is 12.4. The van der Waals surface area contributed by atoms with Gasteiger partial charge in [0.1, 0.15) is 11.9 Å². The first-order valence-electron chi connectivity index (χ1n) is 5.50. The van der Waals surface area contributed by atoms with Crippen LogP contribution in [0.1, 0.15) is 27.0 Å². The topological polar surface area (TPSA) is 29.5 Å². The van der Waals surface area contributed by atoms with Gasteiger partial charge in [0.25, 0.3) is 0 Å². The summed E-state index contributed by atoms with van der Waals surface area (Å²) in [6.07, 6.45) is -0.566. The van der Waals surface area contributed by atoms with E-state index in [2.05, 4.69) is 13.0 Å². The molecule has 1 unspecified atom stereocenters. The Hall–Kier alpha value is -1.32. The summed E-state index contributed by atoms with van der Waals surface area (Å²) in [5, 5.41) is 10.4. The van der Waals surface area contributed by atoms with Crippen molar-refractivity contribution in [3.63, 3.8) is 0 Å². The van der Waals surface area contributed by atoms with E-state index >= 15 is 0 Å². The molecule has 1 aromatic heterocycles. The van der Waals surface area contributed by atoms with Gasteiger partial charge in [0.05, 0.1) is 7.11 Å². The van der Waals surface area contributed by atoms with Crippen LogP contribution in [0.15, 0.2) is 30.3 Å². The minimum Gasteiger partial charge on any atom is -0.497 e. The van der Waals surface area contributed by atoms with Gasteiger partial charge in [0.2, 0.25) is 0 Å². The smallest absolute Gasteiger partial charge is 0.119 e. The second-order valence-corrected chi connectivity index (χ2v) is 5.37. The molecule has 0 bridgehead atoms. The number of aryl methyl sites for hydroxylation is 2. The molecular formula is C14H16O2S. The van der Waals surface area contributed by atoms with Gasteiger partial charge in [-0.1, -0.05) is 12.1 Å². The first kappa shape index (κ1) is 12.1. The van der Waals surface area contributed by atoms with Crippen molar-refractivity contribution in [1.29, 1.82) is 0 Å². The number of benzene rings is 1. The standard InChI is InChI=1S/C14H16O2S/c1-9-7-10(2)17-14(9)13(15)11-5-4-6-12(8-11)16-3/h4-8,13,15H,1-3H3. The van der Waals surface area contributed by atoms with E-state index in [0.717, 1.165) is 21.8 Å². The lowest BCUT2D eigenvalue weighted by atomic mass is 10.1. The first-order valence-corrected chi connectivity index (χ1v) is 6.32. The van der Waals surface area contributed by atoms with Crippen LogP contribution in [-0.4, -0.2) is 12.2 Å². The van der Waals surface area contributed by atoms with Crippen LogP contribution in [0.4, 0.5) is 0 Å². The van der Waals surface area contributed by atoms with Crippen LogP contribution in [0.2, 0.25) is 0 Å². The number of aliphatic hydroxyl groups excluding tert-OH is 1. The molecule has 0 aliphatic rings. The summed E-state index contributed by atoms with van der Waals surface area (Å²) in [5.41, 5.74) is 2.01. The van der Waals surface area contributed by atoms with E-state index in [-0.39, 0.29) is 0 Å². The normalized spacial score (nSPS) is 12.5. The van der Waals surface area contributed by atoms with Crippen molar-refractivity contribution in [3.05, 3.63) is 51.2 Å². The molecule has 1 N–H and O–H groups in total. The number of ether oxygens (including phenoxy) is 1. The molecule has 2 nitrogen and oxygen atoms in total. The van der Waals surface area contributed by atoms with Crippen molar-refractivity contribution in [2.75, 3.05) is 7.11 Å². The highest BCUT2D eigenvalue weighted by Crippen LogP contribution is 2.32. The number of thiophene rings is 1. The van der Waals surface area contributed by atoms with Crippen LogP contribution in [0, 0.1) is 13.8 Å². The molecule has 17 heavy (non-hydrogen) atoms. The molecule has 90 valence electrons. The fourth-order valence-electron chi connectivity index (χ4n) is 1.89. The molecule has 3 heteroatoms. The Morgan fingerprint density at radius 3 is 2.59 bits per heavy atom. The van der Waals surface area contributed by atoms with E-state index in [0.29, 0.717) is 0 Å². The van der Waals surface area contributed by atoms with Crippen molar-refractivity contribution >= 4 is 11.3 Å². The third-order valence-electron chi connectivity index (χ3n) is 2.74. The molecule has 2 rings (SSSR count). The number of hydrogen-bond donors (Lipinski definition) is 1. The molecule has 0 radical (unpaired) electrons. The van der Waals surface area contributed by atoms with Gasteiger partial charge >= 0.3 is 0 Å². The Kier molecular flexibility index (Phi) is 3.50. The summed E-state index contributed by atoms with van der Waals surface area (Å²) < 4.78 is 5.17. The average Bonchev–Trinajstić information content (AvgIpc) is 2.67. The van der Waals surface area contributed by atoms with Crippen molar-refractivity contribution in [2.45, 2.75) is 20.0 Å². The summed E-state index contributed by atoms with van der Waals surface area (Å²) in [4.78, 5) is 2.23. The maximum absolute atomic E-state index is 10.4. The highest BCUT2D eigenvalue weighted by molar-refractivity contribution is 7.12. The third-order valence-corrected chi connectivity index (χ3v) is 3.94. The molecule has 0 spiro atoms. The summed E-state index contributed by atoms with van der Waals surface area (Å²) in [6.45, 7) is 4.09. The molecule has 0 saturated carbocycles. The number of aliphatic hydroxyl groups is 1. The van der Waals surface area contributed by atoms with Crippen molar-refractivity contribution in [1.82, 2.24) is 0 Å². The lowest BCUT2D eigenvalue weighted by molar-refractivity contribution is 0.223. The van der Waals surface area contributed by atoms with Gasteiger partial charge in [0.15, 0.2) is 0 Å². The van der Waals surface area contributed by atoms with Crippen LogP contribution in [0.5, 0.6) is 5.75 Å². The second-order valence-electron chi connectivity index (χ2n) is 4.08. The number of rotatable bonds is 3. The molecule has 0 aliphatic carbocycles.